The lowest BCUT2D eigenvalue weighted by atomic mass is 9.92. The molecule has 0 aliphatic rings. The van der Waals surface area contributed by atoms with Gasteiger partial charge in [0.15, 0.2) is 0 Å². The second-order valence-electron chi connectivity index (χ2n) is 12.9. The van der Waals surface area contributed by atoms with Gasteiger partial charge in [0, 0.05) is 16.8 Å². The highest BCUT2D eigenvalue weighted by atomic mass is 16.5. The molecule has 0 amide bonds. The van der Waals surface area contributed by atoms with Crippen molar-refractivity contribution in [2.45, 2.75) is 13.3 Å². The fourth-order valence-electron chi connectivity index (χ4n) is 7.46. The number of fused-ring (bicyclic) bond motifs is 9. The van der Waals surface area contributed by atoms with Crippen LogP contribution in [0.5, 0.6) is 5.75 Å². The van der Waals surface area contributed by atoms with Crippen molar-refractivity contribution in [2.24, 2.45) is 0 Å². The van der Waals surface area contributed by atoms with Crippen molar-refractivity contribution < 1.29 is 9.15 Å². The molecule has 0 aliphatic carbocycles. The molecule has 8 aromatic carbocycles. The fourth-order valence-corrected chi connectivity index (χ4v) is 7.46. The Bertz CT molecular complexity index is 2860. The Hall–Kier alpha value is -6.38. The lowest BCUT2D eigenvalue weighted by Crippen LogP contribution is -1.95. The smallest absolute Gasteiger partial charge is 0.139 e. The molecule has 0 unspecified atom stereocenters. The van der Waals surface area contributed by atoms with Gasteiger partial charge >= 0.3 is 0 Å². The Morgan fingerprint density at radius 2 is 1.16 bits per heavy atom. The summed E-state index contributed by atoms with van der Waals surface area (Å²) in [6.45, 7) is 10.8. The molecule has 0 aliphatic heterocycles. The fraction of sp³-hybridized carbons (Fsp3) is 0.0417. The minimum atomic E-state index is 0.534. The van der Waals surface area contributed by atoms with E-state index in [9.17, 15) is 0 Å². The zero-order valence-corrected chi connectivity index (χ0v) is 27.9. The zero-order valence-electron chi connectivity index (χ0n) is 27.9. The van der Waals surface area contributed by atoms with Gasteiger partial charge in [0.2, 0.25) is 0 Å². The molecule has 0 saturated heterocycles. The zero-order chi connectivity index (χ0) is 33.8. The van der Waals surface area contributed by atoms with Crippen LogP contribution >= 0.6 is 0 Å². The summed E-state index contributed by atoms with van der Waals surface area (Å²) < 4.78 is 12.8. The summed E-state index contributed by atoms with van der Waals surface area (Å²) in [5, 5.41) is 12.0. The van der Waals surface area contributed by atoms with Crippen molar-refractivity contribution in [3.8, 4) is 16.9 Å². The molecule has 0 N–H and O–H groups in total. The van der Waals surface area contributed by atoms with Gasteiger partial charge in [-0.2, -0.15) is 0 Å². The van der Waals surface area contributed by atoms with Crippen LogP contribution in [0.15, 0.2) is 175 Å². The molecule has 0 spiro atoms. The SMILES string of the molecule is C=C(/C=C\C(=C)c1cc2ccccc2c2ccccc12)Oc1cc2oc3ccc(-c4cc5ccccc5c5ccccc45)cc3c2cc1CC. The van der Waals surface area contributed by atoms with Gasteiger partial charge in [-0.05, 0) is 114 Å². The van der Waals surface area contributed by atoms with Crippen LogP contribution in [0.4, 0.5) is 0 Å². The minimum absolute atomic E-state index is 0.534. The van der Waals surface area contributed by atoms with E-state index in [1.54, 1.807) is 0 Å². The van der Waals surface area contributed by atoms with E-state index >= 15 is 0 Å². The summed E-state index contributed by atoms with van der Waals surface area (Å²) >= 11 is 0. The predicted molar refractivity (Wildman–Crippen MR) is 213 cm³/mol. The summed E-state index contributed by atoms with van der Waals surface area (Å²) in [6.07, 6.45) is 4.69. The van der Waals surface area contributed by atoms with E-state index in [1.165, 1.54) is 54.2 Å². The first-order valence-corrected chi connectivity index (χ1v) is 17.1. The van der Waals surface area contributed by atoms with Crippen molar-refractivity contribution in [2.75, 3.05) is 0 Å². The summed E-state index contributed by atoms with van der Waals surface area (Å²) in [6, 6.07) is 49.5. The number of hydrogen-bond donors (Lipinski definition) is 0. The van der Waals surface area contributed by atoms with Crippen molar-refractivity contribution >= 4 is 70.6 Å². The third kappa shape index (κ3) is 4.96. The van der Waals surface area contributed by atoms with E-state index < -0.39 is 0 Å². The molecule has 0 radical (unpaired) electrons. The topological polar surface area (TPSA) is 22.4 Å². The van der Waals surface area contributed by atoms with Crippen LogP contribution in [-0.2, 0) is 6.42 Å². The van der Waals surface area contributed by atoms with Crippen LogP contribution < -0.4 is 4.74 Å². The predicted octanol–water partition coefficient (Wildman–Crippen LogP) is 13.6. The third-order valence-electron chi connectivity index (χ3n) is 9.94. The van der Waals surface area contributed by atoms with E-state index in [0.29, 0.717) is 5.76 Å². The molecule has 0 atom stereocenters. The summed E-state index contributed by atoms with van der Waals surface area (Å²) in [5.74, 6) is 1.28. The highest BCUT2D eigenvalue weighted by Gasteiger charge is 2.16. The first-order valence-electron chi connectivity index (χ1n) is 17.1. The normalized spacial score (nSPS) is 11.9. The minimum Gasteiger partial charge on any atom is -0.458 e. The van der Waals surface area contributed by atoms with Crippen LogP contribution in [0.3, 0.4) is 0 Å². The highest BCUT2D eigenvalue weighted by Crippen LogP contribution is 2.40. The maximum atomic E-state index is 6.41. The molecule has 2 nitrogen and oxygen atoms in total. The molecular weight excluding hydrogens is 609 g/mol. The van der Waals surface area contributed by atoms with E-state index in [4.69, 9.17) is 9.15 Å². The Labute approximate surface area is 290 Å². The lowest BCUT2D eigenvalue weighted by molar-refractivity contribution is 0.441. The average molecular weight is 643 g/mol. The monoisotopic (exact) mass is 642 g/mol. The number of hydrogen-bond acceptors (Lipinski definition) is 2. The number of furan rings is 1. The number of ether oxygens (including phenoxy) is 1. The van der Waals surface area contributed by atoms with Gasteiger partial charge in [0.05, 0.1) is 0 Å². The standard InChI is InChI=1S/C48H34O2/c1-4-32-25-45-44-28-35(43-27-34-14-6-8-16-37(34)39-18-10-12-20-41(39)43)23-24-46(44)50-48(45)29-47(32)49-31(3)22-21-30(2)42-26-33-13-5-7-15-36(33)38-17-9-11-19-40(38)42/h5-29H,2-4H2,1H3/b22-21-. The van der Waals surface area contributed by atoms with Crippen LogP contribution in [-0.4, -0.2) is 0 Å². The van der Waals surface area contributed by atoms with Gasteiger partial charge in [0.1, 0.15) is 22.7 Å². The molecule has 1 heterocycles. The summed E-state index contributed by atoms with van der Waals surface area (Å²) in [4.78, 5) is 0. The average Bonchev–Trinajstić information content (AvgIpc) is 3.52. The molecule has 2 heteroatoms. The molecule has 1 aromatic heterocycles. The second-order valence-corrected chi connectivity index (χ2v) is 12.9. The van der Waals surface area contributed by atoms with Gasteiger partial charge in [-0.15, -0.1) is 0 Å². The highest BCUT2D eigenvalue weighted by molar-refractivity contribution is 6.15. The number of rotatable bonds is 7. The Morgan fingerprint density at radius 1 is 0.560 bits per heavy atom. The van der Waals surface area contributed by atoms with E-state index in [0.717, 1.165) is 50.8 Å². The molecular formula is C48H34O2. The van der Waals surface area contributed by atoms with Crippen LogP contribution in [0.1, 0.15) is 18.1 Å². The lowest BCUT2D eigenvalue weighted by Gasteiger charge is -2.12. The quantitative estimate of drug-likeness (QED) is 0.0980. The van der Waals surface area contributed by atoms with Crippen molar-refractivity contribution in [1.29, 1.82) is 0 Å². The van der Waals surface area contributed by atoms with Crippen molar-refractivity contribution in [1.82, 2.24) is 0 Å². The van der Waals surface area contributed by atoms with Gasteiger partial charge < -0.3 is 9.15 Å². The number of benzene rings is 8. The van der Waals surface area contributed by atoms with Gasteiger partial charge in [-0.25, -0.2) is 0 Å². The maximum absolute atomic E-state index is 6.41. The molecule has 0 fully saturated rings. The first kappa shape index (κ1) is 29.7. The van der Waals surface area contributed by atoms with Crippen molar-refractivity contribution in [3.05, 3.63) is 182 Å². The molecule has 238 valence electrons. The number of allylic oxidation sites excluding steroid dienone is 3. The molecule has 50 heavy (non-hydrogen) atoms. The van der Waals surface area contributed by atoms with E-state index in [2.05, 4.69) is 154 Å². The summed E-state index contributed by atoms with van der Waals surface area (Å²) in [5.41, 5.74) is 7.11. The largest absolute Gasteiger partial charge is 0.458 e. The van der Waals surface area contributed by atoms with Gasteiger partial charge in [0.25, 0.3) is 0 Å². The van der Waals surface area contributed by atoms with Gasteiger partial charge in [-0.1, -0.05) is 129 Å². The third-order valence-corrected chi connectivity index (χ3v) is 9.94. The van der Waals surface area contributed by atoms with Crippen LogP contribution in [0, 0.1) is 0 Å². The maximum Gasteiger partial charge on any atom is 0.139 e. The van der Waals surface area contributed by atoms with Gasteiger partial charge in [-0.3, -0.25) is 0 Å². The Morgan fingerprint density at radius 3 is 1.88 bits per heavy atom. The van der Waals surface area contributed by atoms with E-state index in [1.807, 2.05) is 18.2 Å². The van der Waals surface area contributed by atoms with Crippen LogP contribution in [0.2, 0.25) is 0 Å². The van der Waals surface area contributed by atoms with Crippen molar-refractivity contribution in [3.63, 3.8) is 0 Å². The molecule has 9 aromatic rings. The number of aryl methyl sites for hydroxylation is 1. The van der Waals surface area contributed by atoms with Crippen LogP contribution in [0.25, 0.3) is 81.7 Å². The van der Waals surface area contributed by atoms with E-state index in [-0.39, 0.29) is 0 Å². The first-order chi connectivity index (χ1) is 24.6. The summed E-state index contributed by atoms with van der Waals surface area (Å²) in [7, 11) is 0. The molecule has 0 saturated carbocycles. The Kier molecular flexibility index (Phi) is 7.10. The second kappa shape index (κ2) is 11.9. The molecule has 9 rings (SSSR count). The Balaban J connectivity index is 1.04. The molecule has 0 bridgehead atoms.